The monoisotopic (exact) mass is 327 g/mol. The van der Waals surface area contributed by atoms with Crippen LogP contribution in [0.2, 0.25) is 0 Å². The van der Waals surface area contributed by atoms with Crippen molar-refractivity contribution in [3.63, 3.8) is 0 Å². The fourth-order valence-corrected chi connectivity index (χ4v) is 2.47. The fourth-order valence-electron chi connectivity index (χ4n) is 2.47. The number of amides is 1. The van der Waals surface area contributed by atoms with E-state index in [1.54, 1.807) is 26.1 Å². The van der Waals surface area contributed by atoms with Gasteiger partial charge < -0.3 is 25.2 Å². The van der Waals surface area contributed by atoms with Crippen LogP contribution in [0.25, 0.3) is 0 Å². The fraction of sp³-hybridized carbons (Fsp3) is 0.875. The summed E-state index contributed by atoms with van der Waals surface area (Å²) in [7, 11) is 5.15. The number of rotatable bonds is 7. The number of methoxy groups -OCH3 is 1. The van der Waals surface area contributed by atoms with Gasteiger partial charge in [-0.3, -0.25) is 4.79 Å². The Kier molecular flexibility index (Phi) is 8.94. The van der Waals surface area contributed by atoms with Crippen molar-refractivity contribution in [2.75, 3.05) is 54.0 Å². The summed E-state index contributed by atoms with van der Waals surface area (Å²) in [4.78, 5) is 20.2. The van der Waals surface area contributed by atoms with E-state index in [4.69, 9.17) is 4.74 Å². The molecule has 134 valence electrons. The lowest BCUT2D eigenvalue weighted by Crippen LogP contribution is -2.50. The summed E-state index contributed by atoms with van der Waals surface area (Å²) in [5.74, 6) is 0.688. The molecule has 7 nitrogen and oxygen atoms in total. The van der Waals surface area contributed by atoms with Gasteiger partial charge in [0.15, 0.2) is 5.96 Å². The number of aliphatic imine (C=N–C) groups is 1. The Hall–Kier alpha value is -1.34. The molecule has 1 fully saturated rings. The minimum atomic E-state index is -0.00697. The molecular formula is C16H33N5O2. The van der Waals surface area contributed by atoms with Crippen molar-refractivity contribution in [2.45, 2.75) is 38.8 Å². The molecule has 1 aliphatic rings. The van der Waals surface area contributed by atoms with Crippen molar-refractivity contribution >= 4 is 11.9 Å². The number of carbonyl (C=O) groups excluding carboxylic acids is 1. The lowest BCUT2D eigenvalue weighted by atomic mass is 10.0. The summed E-state index contributed by atoms with van der Waals surface area (Å²) < 4.78 is 5.06. The number of likely N-dealkylation sites (tertiary alicyclic amines) is 1. The SMILES string of the molecule is COCCNC(=NCC(=O)N(C)C)NC1CCN(C(C)C)CC1. The third kappa shape index (κ3) is 7.65. The van der Waals surface area contributed by atoms with Crippen LogP contribution in [0, 0.1) is 0 Å². The Morgan fingerprint density at radius 1 is 1.35 bits per heavy atom. The highest BCUT2D eigenvalue weighted by Crippen LogP contribution is 2.12. The summed E-state index contributed by atoms with van der Waals surface area (Å²) in [6.07, 6.45) is 2.18. The Balaban J connectivity index is 2.52. The number of carbonyl (C=O) groups is 1. The van der Waals surface area contributed by atoms with E-state index in [1.807, 2.05) is 0 Å². The normalized spacial score (nSPS) is 17.4. The molecule has 0 spiro atoms. The molecule has 23 heavy (non-hydrogen) atoms. The van der Waals surface area contributed by atoms with Crippen molar-refractivity contribution in [3.05, 3.63) is 0 Å². The summed E-state index contributed by atoms with van der Waals surface area (Å²) in [5, 5.41) is 6.68. The molecule has 0 radical (unpaired) electrons. The van der Waals surface area contributed by atoms with Crippen LogP contribution in [0.3, 0.4) is 0 Å². The zero-order valence-electron chi connectivity index (χ0n) is 15.3. The standard InChI is InChI=1S/C16H33N5O2/c1-13(2)21-9-6-14(7-10-21)19-16(17-8-11-23-5)18-12-15(22)20(3)4/h13-14H,6-12H2,1-5H3,(H2,17,18,19). The van der Waals surface area contributed by atoms with Crippen LogP contribution in [0.15, 0.2) is 4.99 Å². The van der Waals surface area contributed by atoms with Crippen LogP contribution in [-0.4, -0.2) is 87.7 Å². The number of nitrogens with one attached hydrogen (secondary N) is 2. The Bertz CT molecular complexity index is 377. The van der Waals surface area contributed by atoms with Crippen LogP contribution >= 0.6 is 0 Å². The van der Waals surface area contributed by atoms with Crippen LogP contribution in [0.5, 0.6) is 0 Å². The highest BCUT2D eigenvalue weighted by molar-refractivity contribution is 5.84. The van der Waals surface area contributed by atoms with Gasteiger partial charge in [-0.1, -0.05) is 0 Å². The Morgan fingerprint density at radius 3 is 2.52 bits per heavy atom. The van der Waals surface area contributed by atoms with Crippen molar-refractivity contribution < 1.29 is 9.53 Å². The molecule has 1 amide bonds. The van der Waals surface area contributed by atoms with E-state index < -0.39 is 0 Å². The third-order valence-corrected chi connectivity index (χ3v) is 4.07. The molecule has 0 aromatic carbocycles. The first-order valence-corrected chi connectivity index (χ1v) is 8.42. The number of piperidine rings is 1. The summed E-state index contributed by atoms with van der Waals surface area (Å²) in [6, 6.07) is 0.995. The second kappa shape index (κ2) is 10.4. The lowest BCUT2D eigenvalue weighted by molar-refractivity contribution is -0.127. The van der Waals surface area contributed by atoms with Gasteiger partial charge in [0.1, 0.15) is 6.54 Å². The first kappa shape index (κ1) is 19.7. The van der Waals surface area contributed by atoms with Gasteiger partial charge in [0.2, 0.25) is 5.91 Å². The van der Waals surface area contributed by atoms with Crippen molar-refractivity contribution in [3.8, 4) is 0 Å². The van der Waals surface area contributed by atoms with Gasteiger partial charge in [0.25, 0.3) is 0 Å². The van der Waals surface area contributed by atoms with E-state index in [0.717, 1.165) is 25.9 Å². The maximum Gasteiger partial charge on any atom is 0.243 e. The average Bonchev–Trinajstić information content (AvgIpc) is 2.52. The lowest BCUT2D eigenvalue weighted by Gasteiger charge is -2.35. The Morgan fingerprint density at radius 2 is 2.00 bits per heavy atom. The van der Waals surface area contributed by atoms with Gasteiger partial charge in [0.05, 0.1) is 6.61 Å². The summed E-state index contributed by atoms with van der Waals surface area (Å²) in [6.45, 7) is 8.09. The molecule has 7 heteroatoms. The van der Waals surface area contributed by atoms with Crippen molar-refractivity contribution in [2.24, 2.45) is 4.99 Å². The van der Waals surface area contributed by atoms with Crippen LogP contribution < -0.4 is 10.6 Å². The van der Waals surface area contributed by atoms with E-state index in [0.29, 0.717) is 31.2 Å². The van der Waals surface area contributed by atoms with E-state index in [-0.39, 0.29) is 12.5 Å². The maximum absolute atomic E-state index is 11.7. The molecule has 2 N–H and O–H groups in total. The van der Waals surface area contributed by atoms with Crippen molar-refractivity contribution in [1.82, 2.24) is 20.4 Å². The number of hydrogen-bond acceptors (Lipinski definition) is 4. The quantitative estimate of drug-likeness (QED) is 0.395. The Labute approximate surface area is 140 Å². The minimum absolute atomic E-state index is 0.00697. The van der Waals surface area contributed by atoms with E-state index in [1.165, 1.54) is 0 Å². The van der Waals surface area contributed by atoms with Gasteiger partial charge in [-0.15, -0.1) is 0 Å². The number of nitrogens with zero attached hydrogens (tertiary/aromatic N) is 3. The predicted molar refractivity (Wildman–Crippen MR) is 93.7 cm³/mol. The average molecular weight is 327 g/mol. The van der Waals surface area contributed by atoms with Gasteiger partial charge in [-0.05, 0) is 26.7 Å². The molecule has 1 heterocycles. The molecular weight excluding hydrogens is 294 g/mol. The van der Waals surface area contributed by atoms with Gasteiger partial charge in [-0.2, -0.15) is 0 Å². The second-order valence-corrected chi connectivity index (χ2v) is 6.42. The zero-order chi connectivity index (χ0) is 17.2. The highest BCUT2D eigenvalue weighted by Gasteiger charge is 2.21. The molecule has 1 saturated heterocycles. The molecule has 0 bridgehead atoms. The molecule has 0 aliphatic carbocycles. The smallest absolute Gasteiger partial charge is 0.243 e. The molecule has 0 atom stereocenters. The second-order valence-electron chi connectivity index (χ2n) is 6.42. The van der Waals surface area contributed by atoms with Gasteiger partial charge in [0, 0.05) is 52.9 Å². The maximum atomic E-state index is 11.7. The third-order valence-electron chi connectivity index (χ3n) is 4.07. The highest BCUT2D eigenvalue weighted by atomic mass is 16.5. The van der Waals surface area contributed by atoms with Crippen molar-refractivity contribution in [1.29, 1.82) is 0 Å². The summed E-state index contributed by atoms with van der Waals surface area (Å²) in [5.41, 5.74) is 0. The first-order chi connectivity index (χ1) is 10.9. The van der Waals surface area contributed by atoms with E-state index >= 15 is 0 Å². The number of likely N-dealkylation sites (N-methyl/N-ethyl adjacent to an activating group) is 1. The van der Waals surface area contributed by atoms with Gasteiger partial charge >= 0.3 is 0 Å². The van der Waals surface area contributed by atoms with E-state index in [9.17, 15) is 4.79 Å². The topological polar surface area (TPSA) is 69.2 Å². The molecule has 1 rings (SSSR count). The summed E-state index contributed by atoms with van der Waals surface area (Å²) >= 11 is 0. The zero-order valence-corrected chi connectivity index (χ0v) is 15.3. The van der Waals surface area contributed by atoms with Crippen LogP contribution in [0.4, 0.5) is 0 Å². The van der Waals surface area contributed by atoms with Crippen LogP contribution in [0.1, 0.15) is 26.7 Å². The largest absolute Gasteiger partial charge is 0.383 e. The minimum Gasteiger partial charge on any atom is -0.383 e. The number of guanidine groups is 1. The molecule has 0 aromatic heterocycles. The van der Waals surface area contributed by atoms with Gasteiger partial charge in [-0.25, -0.2) is 4.99 Å². The molecule has 0 saturated carbocycles. The predicted octanol–water partition coefficient (Wildman–Crippen LogP) is 0.129. The molecule has 0 aromatic rings. The van der Waals surface area contributed by atoms with Crippen LogP contribution in [-0.2, 0) is 9.53 Å². The number of hydrogen-bond donors (Lipinski definition) is 2. The number of ether oxygens (including phenoxy) is 1. The molecule has 0 unspecified atom stereocenters. The van der Waals surface area contributed by atoms with E-state index in [2.05, 4.69) is 34.4 Å². The molecule has 1 aliphatic heterocycles. The first-order valence-electron chi connectivity index (χ1n) is 8.42.